The maximum absolute atomic E-state index is 12.4. The zero-order valence-electron chi connectivity index (χ0n) is 9.99. The highest BCUT2D eigenvalue weighted by molar-refractivity contribution is 9.10. The van der Waals surface area contributed by atoms with Crippen molar-refractivity contribution in [3.8, 4) is 0 Å². The second-order valence-electron chi connectivity index (χ2n) is 4.02. The van der Waals surface area contributed by atoms with Crippen molar-refractivity contribution in [1.29, 1.82) is 0 Å². The second kappa shape index (κ2) is 6.39. The van der Waals surface area contributed by atoms with E-state index in [2.05, 4.69) is 31.9 Å². The number of thiophene rings is 1. The average Bonchev–Trinajstić information content (AvgIpc) is 2.77. The van der Waals surface area contributed by atoms with Gasteiger partial charge in [0.05, 0.1) is 12.1 Å². The fourth-order valence-corrected chi connectivity index (χ4v) is 3.70. The molecule has 6 heteroatoms. The lowest BCUT2D eigenvalue weighted by Gasteiger charge is -2.17. The first kappa shape index (κ1) is 15.0. The smallest absolute Gasteiger partial charge is 0.255 e. The summed E-state index contributed by atoms with van der Waals surface area (Å²) >= 11 is 14.3. The van der Waals surface area contributed by atoms with Gasteiger partial charge >= 0.3 is 0 Å². The molecule has 0 atom stereocenters. The Bertz CT molecular complexity index is 614. The van der Waals surface area contributed by atoms with Crippen molar-refractivity contribution in [3.05, 3.63) is 54.1 Å². The number of hydrogen-bond acceptors (Lipinski definition) is 2. The molecule has 1 amide bonds. The Morgan fingerprint density at radius 3 is 2.74 bits per heavy atom. The van der Waals surface area contributed by atoms with Crippen LogP contribution in [-0.4, -0.2) is 17.9 Å². The van der Waals surface area contributed by atoms with Gasteiger partial charge in [0.1, 0.15) is 0 Å². The molecule has 0 aliphatic rings. The van der Waals surface area contributed by atoms with Crippen LogP contribution in [0.1, 0.15) is 15.2 Å². The van der Waals surface area contributed by atoms with E-state index in [0.717, 1.165) is 13.8 Å². The van der Waals surface area contributed by atoms with E-state index in [1.165, 1.54) is 0 Å². The summed E-state index contributed by atoms with van der Waals surface area (Å²) in [4.78, 5) is 15.2. The number of carbonyl (C=O) groups is 1. The van der Waals surface area contributed by atoms with Crippen LogP contribution >= 0.6 is 54.8 Å². The summed E-state index contributed by atoms with van der Waals surface area (Å²) in [6.07, 6.45) is 0. The van der Waals surface area contributed by atoms with Crippen molar-refractivity contribution in [2.45, 2.75) is 6.54 Å². The van der Waals surface area contributed by atoms with Gasteiger partial charge < -0.3 is 4.90 Å². The lowest BCUT2D eigenvalue weighted by molar-refractivity contribution is 0.0785. The Morgan fingerprint density at radius 2 is 2.11 bits per heavy atom. The van der Waals surface area contributed by atoms with Crippen LogP contribution < -0.4 is 0 Å². The minimum atomic E-state index is -0.0566. The fraction of sp³-hybridized carbons (Fsp3) is 0.154. The first-order valence-electron chi connectivity index (χ1n) is 5.41. The molecule has 1 heterocycles. The molecule has 0 radical (unpaired) electrons. The lowest BCUT2D eigenvalue weighted by Crippen LogP contribution is -2.26. The van der Waals surface area contributed by atoms with E-state index in [1.807, 2.05) is 11.4 Å². The van der Waals surface area contributed by atoms with Crippen LogP contribution in [-0.2, 0) is 6.54 Å². The summed E-state index contributed by atoms with van der Waals surface area (Å²) in [5.41, 5.74) is 0.575. The van der Waals surface area contributed by atoms with Gasteiger partial charge in [-0.1, -0.05) is 11.6 Å². The minimum Gasteiger partial charge on any atom is -0.337 e. The van der Waals surface area contributed by atoms with Crippen LogP contribution in [0.15, 0.2) is 38.6 Å². The Balaban J connectivity index is 2.16. The van der Waals surface area contributed by atoms with Gasteiger partial charge in [-0.25, -0.2) is 0 Å². The van der Waals surface area contributed by atoms with Crippen molar-refractivity contribution in [2.24, 2.45) is 0 Å². The Morgan fingerprint density at radius 1 is 1.37 bits per heavy atom. The fourth-order valence-electron chi connectivity index (χ4n) is 1.61. The highest BCUT2D eigenvalue weighted by atomic mass is 79.9. The third kappa shape index (κ3) is 3.81. The number of benzene rings is 1. The van der Waals surface area contributed by atoms with Crippen LogP contribution in [0, 0.1) is 0 Å². The number of nitrogens with zero attached hydrogens (tertiary/aromatic N) is 1. The molecule has 0 unspecified atom stereocenters. The second-order valence-corrected chi connectivity index (χ2v) is 7.22. The zero-order chi connectivity index (χ0) is 14.0. The topological polar surface area (TPSA) is 20.3 Å². The summed E-state index contributed by atoms with van der Waals surface area (Å²) in [7, 11) is 1.78. The van der Waals surface area contributed by atoms with E-state index in [0.29, 0.717) is 17.1 Å². The normalized spacial score (nSPS) is 10.5. The molecule has 0 bridgehead atoms. The molecule has 19 heavy (non-hydrogen) atoms. The van der Waals surface area contributed by atoms with Gasteiger partial charge in [0, 0.05) is 31.3 Å². The molecule has 0 aliphatic carbocycles. The molecule has 100 valence electrons. The van der Waals surface area contributed by atoms with Gasteiger partial charge in [0.2, 0.25) is 0 Å². The molecule has 0 saturated carbocycles. The molecular weight excluding hydrogens is 413 g/mol. The van der Waals surface area contributed by atoms with E-state index in [-0.39, 0.29) is 5.91 Å². The molecule has 0 saturated heterocycles. The lowest BCUT2D eigenvalue weighted by atomic mass is 10.2. The summed E-state index contributed by atoms with van der Waals surface area (Å²) < 4.78 is 1.79. The predicted molar refractivity (Wildman–Crippen MR) is 87.0 cm³/mol. The predicted octanol–water partition coefficient (Wildman–Crippen LogP) is 5.20. The SMILES string of the molecule is CN(Cc1cc(Br)cs1)C(=O)c1cc(Cl)ccc1Br. The van der Waals surface area contributed by atoms with Crippen LogP contribution in [0.25, 0.3) is 0 Å². The minimum absolute atomic E-state index is 0.0566. The molecule has 2 rings (SSSR count). The van der Waals surface area contributed by atoms with Gasteiger partial charge in [-0.15, -0.1) is 11.3 Å². The largest absolute Gasteiger partial charge is 0.337 e. The van der Waals surface area contributed by atoms with Gasteiger partial charge in [-0.05, 0) is 56.1 Å². The summed E-state index contributed by atoms with van der Waals surface area (Å²) in [5.74, 6) is -0.0566. The number of halogens is 3. The number of hydrogen-bond donors (Lipinski definition) is 0. The highest BCUT2D eigenvalue weighted by Gasteiger charge is 2.16. The van der Waals surface area contributed by atoms with Crippen LogP contribution in [0.2, 0.25) is 5.02 Å². The van der Waals surface area contributed by atoms with E-state index in [9.17, 15) is 4.79 Å². The molecule has 1 aromatic heterocycles. The quantitative estimate of drug-likeness (QED) is 0.665. The van der Waals surface area contributed by atoms with Gasteiger partial charge in [-0.3, -0.25) is 4.79 Å². The molecule has 0 fully saturated rings. The standard InChI is InChI=1S/C13H10Br2ClNOS/c1-17(6-10-4-8(14)7-19-10)13(18)11-5-9(16)2-3-12(11)15/h2-5,7H,6H2,1H3. The van der Waals surface area contributed by atoms with Crippen LogP contribution in [0.5, 0.6) is 0 Å². The van der Waals surface area contributed by atoms with Gasteiger partial charge in [-0.2, -0.15) is 0 Å². The molecule has 2 aromatic rings. The first-order valence-corrected chi connectivity index (χ1v) is 8.25. The monoisotopic (exact) mass is 421 g/mol. The molecular formula is C13H10Br2ClNOS. The molecule has 0 N–H and O–H groups in total. The maximum Gasteiger partial charge on any atom is 0.255 e. The molecule has 1 aromatic carbocycles. The van der Waals surface area contributed by atoms with E-state index in [1.54, 1.807) is 41.5 Å². The van der Waals surface area contributed by atoms with E-state index >= 15 is 0 Å². The molecule has 2 nitrogen and oxygen atoms in total. The first-order chi connectivity index (χ1) is 8.97. The third-order valence-corrected chi connectivity index (χ3v) is 5.13. The van der Waals surface area contributed by atoms with Gasteiger partial charge in [0.15, 0.2) is 0 Å². The van der Waals surface area contributed by atoms with E-state index in [4.69, 9.17) is 11.6 Å². The van der Waals surface area contributed by atoms with Crippen molar-refractivity contribution >= 4 is 60.7 Å². The number of rotatable bonds is 3. The maximum atomic E-state index is 12.4. The zero-order valence-corrected chi connectivity index (χ0v) is 14.7. The van der Waals surface area contributed by atoms with Gasteiger partial charge in [0.25, 0.3) is 5.91 Å². The average molecular weight is 424 g/mol. The van der Waals surface area contributed by atoms with Crippen molar-refractivity contribution in [1.82, 2.24) is 4.90 Å². The Labute approximate surface area is 137 Å². The summed E-state index contributed by atoms with van der Waals surface area (Å²) in [5, 5.41) is 2.56. The number of carbonyl (C=O) groups excluding carboxylic acids is 1. The Hall–Kier alpha value is -0.360. The van der Waals surface area contributed by atoms with Crippen LogP contribution in [0.3, 0.4) is 0 Å². The summed E-state index contributed by atoms with van der Waals surface area (Å²) in [6, 6.07) is 7.22. The molecule has 0 spiro atoms. The van der Waals surface area contributed by atoms with Crippen molar-refractivity contribution in [3.63, 3.8) is 0 Å². The third-order valence-electron chi connectivity index (χ3n) is 2.52. The Kier molecular flexibility index (Phi) is 5.06. The van der Waals surface area contributed by atoms with E-state index < -0.39 is 0 Å². The molecule has 0 aliphatic heterocycles. The summed E-state index contributed by atoms with van der Waals surface area (Å²) in [6.45, 7) is 0.577. The van der Waals surface area contributed by atoms with Crippen molar-refractivity contribution in [2.75, 3.05) is 7.05 Å². The van der Waals surface area contributed by atoms with Crippen molar-refractivity contribution < 1.29 is 4.79 Å². The van der Waals surface area contributed by atoms with Crippen LogP contribution in [0.4, 0.5) is 0 Å². The highest BCUT2D eigenvalue weighted by Crippen LogP contribution is 2.24. The number of amides is 1.